The van der Waals surface area contributed by atoms with Crippen LogP contribution in [0.4, 0.5) is 8.78 Å². The number of alkyl halides is 2. The zero-order chi connectivity index (χ0) is 8.32. The number of hydrogen-bond acceptors (Lipinski definition) is 0. The lowest BCUT2D eigenvalue weighted by Gasteiger charge is -2.23. The van der Waals surface area contributed by atoms with E-state index in [9.17, 15) is 8.78 Å². The van der Waals surface area contributed by atoms with Crippen LogP contribution in [0.5, 0.6) is 0 Å². The van der Waals surface area contributed by atoms with Crippen LogP contribution in [0, 0.1) is 5.92 Å². The largest absolute Gasteiger partial charge is 0.362 e. The van der Waals surface area contributed by atoms with E-state index >= 15 is 0 Å². The summed E-state index contributed by atoms with van der Waals surface area (Å²) in [6, 6.07) is 0. The maximum atomic E-state index is 12.5. The molecule has 0 unspecified atom stereocenters. The highest BCUT2D eigenvalue weighted by molar-refractivity contribution is 5.54. The van der Waals surface area contributed by atoms with Crippen molar-refractivity contribution in [3.05, 3.63) is 5.53 Å². The molecule has 0 saturated heterocycles. The van der Waals surface area contributed by atoms with Gasteiger partial charge in [0.25, 0.3) is 6.21 Å². The molecule has 0 aromatic heterocycles. The van der Waals surface area contributed by atoms with Gasteiger partial charge in [0.05, 0.1) is 5.92 Å². The molecule has 0 radical (unpaired) electrons. The Labute approximate surface area is 63.8 Å². The van der Waals surface area contributed by atoms with E-state index in [2.05, 4.69) is 4.79 Å². The zero-order valence-corrected chi connectivity index (χ0v) is 6.13. The molecule has 0 aromatic rings. The molecule has 0 aliphatic heterocycles. The van der Waals surface area contributed by atoms with Crippen molar-refractivity contribution >= 4 is 6.21 Å². The minimum atomic E-state index is -2.49. The van der Waals surface area contributed by atoms with Crippen LogP contribution >= 0.6 is 0 Å². The molecule has 1 saturated carbocycles. The second kappa shape index (κ2) is 3.09. The quantitative estimate of drug-likeness (QED) is 0.320. The molecular weight excluding hydrogens is 150 g/mol. The van der Waals surface area contributed by atoms with Crippen molar-refractivity contribution in [1.29, 1.82) is 0 Å². The van der Waals surface area contributed by atoms with Gasteiger partial charge in [-0.2, -0.15) is 4.79 Å². The summed E-state index contributed by atoms with van der Waals surface area (Å²) in [5.74, 6) is -2.44. The zero-order valence-electron chi connectivity index (χ0n) is 6.13. The minimum absolute atomic E-state index is 0.0413. The van der Waals surface area contributed by atoms with Crippen LogP contribution in [0.25, 0.3) is 5.53 Å². The summed E-state index contributed by atoms with van der Waals surface area (Å²) < 4.78 is 25.0. The monoisotopic (exact) mass is 160 g/mol. The van der Waals surface area contributed by atoms with Crippen molar-refractivity contribution in [1.82, 2.24) is 0 Å². The van der Waals surface area contributed by atoms with Crippen LogP contribution in [0.3, 0.4) is 0 Å². The van der Waals surface area contributed by atoms with E-state index < -0.39 is 5.92 Å². The molecule has 0 N–H and O–H groups in total. The lowest BCUT2D eigenvalue weighted by atomic mass is 9.88. The van der Waals surface area contributed by atoms with Crippen molar-refractivity contribution < 1.29 is 13.6 Å². The highest BCUT2D eigenvalue weighted by atomic mass is 19.3. The van der Waals surface area contributed by atoms with Gasteiger partial charge < -0.3 is 5.53 Å². The highest BCUT2D eigenvalue weighted by Crippen LogP contribution is 2.34. The normalized spacial score (nSPS) is 24.2. The fraction of sp³-hybridized carbons (Fsp3) is 0.857. The van der Waals surface area contributed by atoms with Crippen molar-refractivity contribution in [2.75, 3.05) is 0 Å². The van der Waals surface area contributed by atoms with Crippen molar-refractivity contribution in [3.63, 3.8) is 0 Å². The molecule has 2 nitrogen and oxygen atoms in total. The Bertz CT molecular complexity index is 175. The average molecular weight is 160 g/mol. The molecule has 4 heteroatoms. The Morgan fingerprint density at radius 2 is 1.91 bits per heavy atom. The molecule has 0 atom stereocenters. The third-order valence-electron chi connectivity index (χ3n) is 2.04. The first kappa shape index (κ1) is 8.34. The first-order valence-corrected chi connectivity index (χ1v) is 3.69. The van der Waals surface area contributed by atoms with Gasteiger partial charge in [-0.15, -0.1) is 0 Å². The van der Waals surface area contributed by atoms with Gasteiger partial charge >= 0.3 is 0 Å². The SMILES string of the molecule is [N-]=[N+]=CC1CCC(F)(F)CC1. The predicted molar refractivity (Wildman–Crippen MR) is 36.6 cm³/mol. The Balaban J connectivity index is 2.42. The maximum absolute atomic E-state index is 12.5. The lowest BCUT2D eigenvalue weighted by Crippen LogP contribution is -2.25. The van der Waals surface area contributed by atoms with E-state index in [4.69, 9.17) is 5.53 Å². The van der Waals surface area contributed by atoms with Gasteiger partial charge in [0, 0.05) is 12.8 Å². The highest BCUT2D eigenvalue weighted by Gasteiger charge is 2.35. The second-order valence-electron chi connectivity index (χ2n) is 2.96. The Kier molecular flexibility index (Phi) is 2.35. The van der Waals surface area contributed by atoms with E-state index in [1.54, 1.807) is 0 Å². The summed E-state index contributed by atoms with van der Waals surface area (Å²) in [4.78, 5) is 2.84. The molecule has 1 fully saturated rings. The third-order valence-corrected chi connectivity index (χ3v) is 2.04. The number of hydrogen-bond donors (Lipinski definition) is 0. The summed E-state index contributed by atoms with van der Waals surface area (Å²) >= 11 is 0. The topological polar surface area (TPSA) is 36.4 Å². The van der Waals surface area contributed by atoms with Gasteiger partial charge in [-0.1, -0.05) is 0 Å². The van der Waals surface area contributed by atoms with Gasteiger partial charge in [-0.05, 0) is 12.8 Å². The molecule has 1 rings (SSSR count). The smallest absolute Gasteiger partial charge is 0.260 e. The molecule has 0 spiro atoms. The fourth-order valence-corrected chi connectivity index (χ4v) is 1.31. The third kappa shape index (κ3) is 2.39. The van der Waals surface area contributed by atoms with Crippen molar-refractivity contribution in [2.45, 2.75) is 31.6 Å². The van der Waals surface area contributed by atoms with Gasteiger partial charge in [-0.25, -0.2) is 8.78 Å². The number of rotatable bonds is 1. The predicted octanol–water partition coefficient (Wildman–Crippen LogP) is 2.11. The fourth-order valence-electron chi connectivity index (χ4n) is 1.31. The van der Waals surface area contributed by atoms with Gasteiger partial charge in [-0.3, -0.25) is 0 Å². The summed E-state index contributed by atoms with van der Waals surface area (Å²) in [5, 5.41) is 0. The van der Waals surface area contributed by atoms with Crippen molar-refractivity contribution in [3.8, 4) is 0 Å². The first-order valence-electron chi connectivity index (χ1n) is 3.69. The molecular formula is C7H10F2N2. The standard InChI is InChI=1S/C7H10F2N2/c8-7(9)3-1-6(2-4-7)5-11-10/h5-6H,1-4H2. The molecule has 0 heterocycles. The Morgan fingerprint density at radius 1 is 1.36 bits per heavy atom. The molecule has 1 aliphatic carbocycles. The van der Waals surface area contributed by atoms with Crippen LogP contribution < -0.4 is 0 Å². The van der Waals surface area contributed by atoms with Crippen LogP contribution in [-0.2, 0) is 0 Å². The van der Waals surface area contributed by atoms with Gasteiger partial charge in [0.1, 0.15) is 0 Å². The lowest BCUT2D eigenvalue weighted by molar-refractivity contribution is -0.0472. The van der Waals surface area contributed by atoms with Gasteiger partial charge in [0.15, 0.2) is 0 Å². The molecule has 62 valence electrons. The van der Waals surface area contributed by atoms with E-state index in [-0.39, 0.29) is 18.8 Å². The summed E-state index contributed by atoms with van der Waals surface area (Å²) in [7, 11) is 0. The van der Waals surface area contributed by atoms with E-state index in [0.29, 0.717) is 12.8 Å². The van der Waals surface area contributed by atoms with Gasteiger partial charge in [0.2, 0.25) is 5.92 Å². The van der Waals surface area contributed by atoms with E-state index in [0.717, 1.165) is 0 Å². The summed E-state index contributed by atoms with van der Waals surface area (Å²) in [5.41, 5.74) is 8.13. The first-order chi connectivity index (χ1) is 5.14. The number of halogens is 2. The maximum Gasteiger partial charge on any atom is 0.260 e. The van der Waals surface area contributed by atoms with E-state index in [1.807, 2.05) is 0 Å². The minimum Gasteiger partial charge on any atom is -0.362 e. The molecule has 0 amide bonds. The molecule has 0 aromatic carbocycles. The van der Waals surface area contributed by atoms with Crippen LogP contribution in [0.15, 0.2) is 0 Å². The second-order valence-corrected chi connectivity index (χ2v) is 2.96. The van der Waals surface area contributed by atoms with Crippen LogP contribution in [0.1, 0.15) is 25.7 Å². The molecule has 1 aliphatic rings. The summed E-state index contributed by atoms with van der Waals surface area (Å²) in [6.45, 7) is 0. The Hall–Kier alpha value is -0.760. The summed E-state index contributed by atoms with van der Waals surface area (Å²) in [6.07, 6.45) is 2.04. The van der Waals surface area contributed by atoms with Crippen molar-refractivity contribution in [2.24, 2.45) is 5.92 Å². The average Bonchev–Trinajstić information content (AvgIpc) is 1.94. The van der Waals surface area contributed by atoms with Crippen LogP contribution in [-0.4, -0.2) is 16.9 Å². The molecule has 11 heavy (non-hydrogen) atoms. The number of nitrogens with zero attached hydrogens (tertiary/aromatic N) is 2. The van der Waals surface area contributed by atoms with E-state index in [1.165, 1.54) is 6.21 Å². The molecule has 0 bridgehead atoms. The Morgan fingerprint density at radius 3 is 2.36 bits per heavy atom. The van der Waals surface area contributed by atoms with Crippen LogP contribution in [0.2, 0.25) is 0 Å².